The van der Waals surface area contributed by atoms with Crippen molar-refractivity contribution in [1.29, 1.82) is 0 Å². The number of pyridine rings is 1. The molecule has 0 bridgehead atoms. The standard InChI is InChI=1S/C13H16N4O2S/c1-17(2)11-6-3-5-10(9-11)16-20(18,19)13-12(14)7-4-8-15-13/h3-9,16H,14H2,1-2H3. The fourth-order valence-electron chi connectivity index (χ4n) is 1.68. The van der Waals surface area contributed by atoms with E-state index in [4.69, 9.17) is 5.73 Å². The molecule has 1 aromatic carbocycles. The minimum absolute atomic E-state index is 0.115. The average Bonchev–Trinajstić information content (AvgIpc) is 2.38. The van der Waals surface area contributed by atoms with Gasteiger partial charge in [-0.25, -0.2) is 4.98 Å². The smallest absolute Gasteiger partial charge is 0.281 e. The molecule has 0 unspecified atom stereocenters. The van der Waals surface area contributed by atoms with Crippen molar-refractivity contribution in [1.82, 2.24) is 4.98 Å². The van der Waals surface area contributed by atoms with Crippen LogP contribution < -0.4 is 15.4 Å². The van der Waals surface area contributed by atoms with Crippen molar-refractivity contribution in [2.45, 2.75) is 5.03 Å². The number of rotatable bonds is 4. The minimum atomic E-state index is -3.79. The van der Waals surface area contributed by atoms with Crippen LogP contribution in [0.3, 0.4) is 0 Å². The molecule has 0 spiro atoms. The molecule has 106 valence electrons. The van der Waals surface area contributed by atoms with Crippen LogP contribution in [0, 0.1) is 0 Å². The number of hydrogen-bond donors (Lipinski definition) is 2. The van der Waals surface area contributed by atoms with E-state index in [1.54, 1.807) is 24.3 Å². The zero-order chi connectivity index (χ0) is 14.8. The number of sulfonamides is 1. The molecule has 2 rings (SSSR count). The molecule has 0 aliphatic heterocycles. The highest BCUT2D eigenvalue weighted by Crippen LogP contribution is 2.22. The van der Waals surface area contributed by atoms with Gasteiger partial charge in [0, 0.05) is 26.0 Å². The maximum atomic E-state index is 12.2. The lowest BCUT2D eigenvalue weighted by Gasteiger charge is -2.14. The second-order valence-electron chi connectivity index (χ2n) is 4.45. The van der Waals surface area contributed by atoms with Crippen molar-refractivity contribution in [2.24, 2.45) is 0 Å². The van der Waals surface area contributed by atoms with E-state index < -0.39 is 10.0 Å². The molecular weight excluding hydrogens is 276 g/mol. The lowest BCUT2D eigenvalue weighted by Crippen LogP contribution is -2.17. The summed E-state index contributed by atoms with van der Waals surface area (Å²) in [5.74, 6) is 0. The number of nitrogen functional groups attached to an aromatic ring is 1. The number of nitrogens with zero attached hydrogens (tertiary/aromatic N) is 2. The second-order valence-corrected chi connectivity index (χ2v) is 6.05. The van der Waals surface area contributed by atoms with E-state index in [9.17, 15) is 8.42 Å². The Morgan fingerprint density at radius 1 is 1.20 bits per heavy atom. The summed E-state index contributed by atoms with van der Waals surface area (Å²) in [6, 6.07) is 10.1. The van der Waals surface area contributed by atoms with Crippen LogP contribution in [-0.2, 0) is 10.0 Å². The van der Waals surface area contributed by atoms with E-state index in [0.29, 0.717) is 5.69 Å². The SMILES string of the molecule is CN(C)c1cccc(NS(=O)(=O)c2ncccc2N)c1. The maximum absolute atomic E-state index is 12.2. The molecule has 7 heteroatoms. The van der Waals surface area contributed by atoms with Gasteiger partial charge >= 0.3 is 0 Å². The molecule has 0 saturated carbocycles. The lowest BCUT2D eigenvalue weighted by molar-refractivity contribution is 0.598. The van der Waals surface area contributed by atoms with Crippen LogP contribution in [0.1, 0.15) is 0 Å². The Labute approximate surface area is 118 Å². The topological polar surface area (TPSA) is 88.3 Å². The molecule has 0 saturated heterocycles. The second kappa shape index (κ2) is 5.38. The number of aromatic nitrogens is 1. The predicted octanol–water partition coefficient (Wildman–Crippen LogP) is 1.53. The van der Waals surface area contributed by atoms with Gasteiger partial charge in [-0.05, 0) is 30.3 Å². The summed E-state index contributed by atoms with van der Waals surface area (Å²) in [6.07, 6.45) is 1.39. The Balaban J connectivity index is 2.34. The van der Waals surface area contributed by atoms with E-state index >= 15 is 0 Å². The van der Waals surface area contributed by atoms with Gasteiger partial charge in [-0.1, -0.05) is 6.07 Å². The summed E-state index contributed by atoms with van der Waals surface area (Å²) in [5, 5.41) is -0.171. The molecule has 6 nitrogen and oxygen atoms in total. The number of nitrogens with two attached hydrogens (primary N) is 1. The van der Waals surface area contributed by atoms with E-state index in [0.717, 1.165) is 5.69 Å². The molecule has 1 heterocycles. The highest BCUT2D eigenvalue weighted by atomic mass is 32.2. The van der Waals surface area contributed by atoms with Crippen molar-refractivity contribution in [2.75, 3.05) is 29.5 Å². The fraction of sp³-hybridized carbons (Fsp3) is 0.154. The minimum Gasteiger partial charge on any atom is -0.396 e. The van der Waals surface area contributed by atoms with Crippen LogP contribution in [-0.4, -0.2) is 27.5 Å². The molecule has 20 heavy (non-hydrogen) atoms. The Morgan fingerprint density at radius 3 is 2.60 bits per heavy atom. The summed E-state index contributed by atoms with van der Waals surface area (Å²) >= 11 is 0. The number of hydrogen-bond acceptors (Lipinski definition) is 5. The normalized spacial score (nSPS) is 11.1. The molecule has 0 amide bonds. The molecule has 3 N–H and O–H groups in total. The zero-order valence-corrected chi connectivity index (χ0v) is 12.1. The fourth-order valence-corrected chi connectivity index (χ4v) is 2.79. The van der Waals surface area contributed by atoms with E-state index in [2.05, 4.69) is 9.71 Å². The van der Waals surface area contributed by atoms with Crippen molar-refractivity contribution in [3.63, 3.8) is 0 Å². The average molecular weight is 292 g/mol. The molecular formula is C13H16N4O2S. The van der Waals surface area contributed by atoms with Crippen LogP contribution in [0.15, 0.2) is 47.6 Å². The summed E-state index contributed by atoms with van der Waals surface area (Å²) in [6.45, 7) is 0. The highest BCUT2D eigenvalue weighted by Gasteiger charge is 2.19. The van der Waals surface area contributed by atoms with E-state index in [1.807, 2.05) is 25.1 Å². The maximum Gasteiger partial charge on any atom is 0.281 e. The first-order valence-corrected chi connectivity index (χ1v) is 7.39. The van der Waals surface area contributed by atoms with Gasteiger partial charge in [-0.15, -0.1) is 0 Å². The van der Waals surface area contributed by atoms with Crippen molar-refractivity contribution >= 4 is 27.1 Å². The van der Waals surface area contributed by atoms with Gasteiger partial charge in [0.05, 0.1) is 11.4 Å². The first-order valence-electron chi connectivity index (χ1n) is 5.91. The molecule has 1 aromatic heterocycles. The zero-order valence-electron chi connectivity index (χ0n) is 11.2. The molecule has 0 radical (unpaired) electrons. The van der Waals surface area contributed by atoms with Gasteiger partial charge < -0.3 is 10.6 Å². The third-order valence-corrected chi connectivity index (χ3v) is 4.02. The van der Waals surface area contributed by atoms with E-state index in [-0.39, 0.29) is 10.7 Å². The predicted molar refractivity (Wildman–Crippen MR) is 80.2 cm³/mol. The largest absolute Gasteiger partial charge is 0.396 e. The monoisotopic (exact) mass is 292 g/mol. The van der Waals surface area contributed by atoms with Crippen LogP contribution in [0.2, 0.25) is 0 Å². The summed E-state index contributed by atoms with van der Waals surface area (Å²) in [4.78, 5) is 5.70. The van der Waals surface area contributed by atoms with Gasteiger partial charge in [0.25, 0.3) is 10.0 Å². The van der Waals surface area contributed by atoms with Gasteiger partial charge in [0.2, 0.25) is 0 Å². The van der Waals surface area contributed by atoms with Gasteiger partial charge in [-0.2, -0.15) is 8.42 Å². The summed E-state index contributed by atoms with van der Waals surface area (Å²) < 4.78 is 26.9. The van der Waals surface area contributed by atoms with Crippen LogP contribution >= 0.6 is 0 Å². The number of anilines is 3. The van der Waals surface area contributed by atoms with Crippen molar-refractivity contribution in [3.8, 4) is 0 Å². The van der Waals surface area contributed by atoms with Gasteiger partial charge in [0.1, 0.15) is 0 Å². The van der Waals surface area contributed by atoms with Gasteiger partial charge in [0.15, 0.2) is 5.03 Å². The summed E-state index contributed by atoms with van der Waals surface area (Å²) in [5.41, 5.74) is 7.11. The van der Waals surface area contributed by atoms with Gasteiger partial charge in [-0.3, -0.25) is 4.72 Å². The summed E-state index contributed by atoms with van der Waals surface area (Å²) in [7, 11) is -0.0325. The van der Waals surface area contributed by atoms with E-state index in [1.165, 1.54) is 12.3 Å². The molecule has 0 atom stereocenters. The number of benzene rings is 1. The third-order valence-electron chi connectivity index (χ3n) is 2.67. The third kappa shape index (κ3) is 3.00. The molecule has 2 aromatic rings. The Morgan fingerprint density at radius 2 is 1.95 bits per heavy atom. The molecule has 0 aliphatic rings. The Kier molecular flexibility index (Phi) is 3.80. The lowest BCUT2D eigenvalue weighted by atomic mass is 10.3. The first kappa shape index (κ1) is 14.1. The van der Waals surface area contributed by atoms with Crippen molar-refractivity contribution < 1.29 is 8.42 Å². The molecule has 0 fully saturated rings. The van der Waals surface area contributed by atoms with Crippen molar-refractivity contribution in [3.05, 3.63) is 42.6 Å². The number of nitrogens with one attached hydrogen (secondary N) is 1. The van der Waals surface area contributed by atoms with Crippen LogP contribution in [0.5, 0.6) is 0 Å². The first-order chi connectivity index (χ1) is 9.40. The Hall–Kier alpha value is -2.28. The highest BCUT2D eigenvalue weighted by molar-refractivity contribution is 7.92. The molecule has 0 aliphatic carbocycles. The quantitative estimate of drug-likeness (QED) is 0.892. The Bertz CT molecular complexity index is 714. The van der Waals surface area contributed by atoms with Crippen LogP contribution in [0.4, 0.5) is 17.1 Å². The van der Waals surface area contributed by atoms with Crippen LogP contribution in [0.25, 0.3) is 0 Å².